The van der Waals surface area contributed by atoms with Crippen molar-refractivity contribution in [2.24, 2.45) is 0 Å². The summed E-state index contributed by atoms with van der Waals surface area (Å²) < 4.78 is 5.40. The number of nitrogens with zero attached hydrogens (tertiary/aromatic N) is 1. The second-order valence-electron chi connectivity index (χ2n) is 6.76. The first kappa shape index (κ1) is 21.0. The van der Waals surface area contributed by atoms with Crippen LogP contribution in [0.4, 0.5) is 0 Å². The summed E-state index contributed by atoms with van der Waals surface area (Å²) in [6, 6.07) is 3.23. The summed E-state index contributed by atoms with van der Waals surface area (Å²) >= 11 is 0. The summed E-state index contributed by atoms with van der Waals surface area (Å²) in [5.41, 5.74) is -0.00468. The van der Waals surface area contributed by atoms with Crippen LogP contribution in [0.1, 0.15) is 46.4 Å². The molecule has 0 spiro atoms. The van der Waals surface area contributed by atoms with Gasteiger partial charge < -0.3 is 15.2 Å². The molecule has 2 aliphatic rings. The smallest absolute Gasteiger partial charge is 0.303 e. The molecule has 1 unspecified atom stereocenters. The summed E-state index contributed by atoms with van der Waals surface area (Å²) in [6.45, 7) is -0.286. The first-order valence-electron chi connectivity index (χ1n) is 9.25. The standard InChI is InChI=1S/C19H19N3O8/c23-13-7-6-11(17(27)21-13)22-18(28)10-3-1-4-12(16(10)19(22)29)30-9-14(24)20-8-2-5-15(25)26/h1,3-4,11H,2,5-9H2,(H,20,24)(H,25,26)(H,21,23,27). The van der Waals surface area contributed by atoms with Gasteiger partial charge in [-0.2, -0.15) is 0 Å². The summed E-state index contributed by atoms with van der Waals surface area (Å²) in [7, 11) is 0. The Labute approximate surface area is 170 Å². The Kier molecular flexibility index (Phi) is 6.09. The van der Waals surface area contributed by atoms with Gasteiger partial charge in [-0.25, -0.2) is 0 Å². The molecule has 2 heterocycles. The Morgan fingerprint density at radius 1 is 1.20 bits per heavy atom. The van der Waals surface area contributed by atoms with Gasteiger partial charge in [-0.1, -0.05) is 6.07 Å². The molecule has 0 saturated carbocycles. The molecule has 1 aromatic carbocycles. The van der Waals surface area contributed by atoms with Crippen LogP contribution in [-0.4, -0.2) is 64.7 Å². The largest absolute Gasteiger partial charge is 0.483 e. The van der Waals surface area contributed by atoms with E-state index >= 15 is 0 Å². The molecule has 0 bridgehead atoms. The second-order valence-corrected chi connectivity index (χ2v) is 6.76. The molecule has 30 heavy (non-hydrogen) atoms. The summed E-state index contributed by atoms with van der Waals surface area (Å²) in [5.74, 6) is -4.06. The fraction of sp³-hybridized carbons (Fsp3) is 0.368. The van der Waals surface area contributed by atoms with Gasteiger partial charge in [-0.05, 0) is 25.0 Å². The number of ether oxygens (including phenoxy) is 1. The van der Waals surface area contributed by atoms with Gasteiger partial charge in [0.1, 0.15) is 11.8 Å². The van der Waals surface area contributed by atoms with Gasteiger partial charge in [-0.15, -0.1) is 0 Å². The number of benzene rings is 1. The van der Waals surface area contributed by atoms with Crippen LogP contribution in [0.25, 0.3) is 0 Å². The predicted octanol–water partition coefficient (Wildman–Crippen LogP) is -0.552. The summed E-state index contributed by atoms with van der Waals surface area (Å²) in [5, 5.41) is 13.2. The average Bonchev–Trinajstić information content (AvgIpc) is 2.95. The molecule has 0 radical (unpaired) electrons. The third kappa shape index (κ3) is 4.29. The SMILES string of the molecule is O=C(O)CCCNC(=O)COc1cccc2c1C(=O)N(C1CCC(=O)NC1=O)C2=O. The zero-order valence-electron chi connectivity index (χ0n) is 15.8. The quantitative estimate of drug-likeness (QED) is 0.375. The van der Waals surface area contributed by atoms with E-state index in [1.54, 1.807) is 0 Å². The van der Waals surface area contributed by atoms with Crippen LogP contribution in [0.5, 0.6) is 5.75 Å². The lowest BCUT2D eigenvalue weighted by Gasteiger charge is -2.27. The van der Waals surface area contributed by atoms with E-state index in [2.05, 4.69) is 10.6 Å². The second kappa shape index (κ2) is 8.72. The third-order valence-electron chi connectivity index (χ3n) is 4.68. The van der Waals surface area contributed by atoms with Crippen LogP contribution in [0, 0.1) is 0 Å². The number of amides is 5. The lowest BCUT2D eigenvalue weighted by atomic mass is 10.0. The fourth-order valence-corrected chi connectivity index (χ4v) is 3.27. The summed E-state index contributed by atoms with van der Waals surface area (Å²) in [4.78, 5) is 72.2. The van der Waals surface area contributed by atoms with Crippen LogP contribution >= 0.6 is 0 Å². The van der Waals surface area contributed by atoms with Crippen molar-refractivity contribution in [1.29, 1.82) is 0 Å². The van der Waals surface area contributed by atoms with Gasteiger partial charge in [0.25, 0.3) is 17.7 Å². The molecule has 3 rings (SSSR count). The number of carbonyl (C=O) groups excluding carboxylic acids is 5. The van der Waals surface area contributed by atoms with Crippen molar-refractivity contribution >= 4 is 35.5 Å². The molecule has 2 aliphatic heterocycles. The van der Waals surface area contributed by atoms with E-state index in [9.17, 15) is 28.8 Å². The number of aliphatic carboxylic acids is 1. The highest BCUT2D eigenvalue weighted by Crippen LogP contribution is 2.33. The molecular formula is C19H19N3O8. The van der Waals surface area contributed by atoms with Crippen LogP contribution in [0.3, 0.4) is 0 Å². The van der Waals surface area contributed by atoms with Crippen molar-refractivity contribution in [3.63, 3.8) is 0 Å². The van der Waals surface area contributed by atoms with Gasteiger partial charge in [-0.3, -0.25) is 39.0 Å². The molecule has 3 N–H and O–H groups in total. The Hall–Kier alpha value is -3.76. The van der Waals surface area contributed by atoms with Crippen LogP contribution in [-0.2, 0) is 19.2 Å². The Balaban J connectivity index is 1.68. The van der Waals surface area contributed by atoms with Crippen molar-refractivity contribution in [2.45, 2.75) is 31.7 Å². The van der Waals surface area contributed by atoms with Crippen molar-refractivity contribution in [2.75, 3.05) is 13.2 Å². The van der Waals surface area contributed by atoms with Crippen molar-refractivity contribution in [3.8, 4) is 5.75 Å². The molecule has 1 aromatic rings. The van der Waals surface area contributed by atoms with E-state index in [1.807, 2.05) is 0 Å². The first-order valence-corrected chi connectivity index (χ1v) is 9.25. The monoisotopic (exact) mass is 417 g/mol. The molecule has 0 aliphatic carbocycles. The molecule has 1 fully saturated rings. The van der Waals surface area contributed by atoms with Gasteiger partial charge in [0.15, 0.2) is 6.61 Å². The molecule has 1 atom stereocenters. The van der Waals surface area contributed by atoms with Crippen LogP contribution in [0.15, 0.2) is 18.2 Å². The van der Waals surface area contributed by atoms with Gasteiger partial charge >= 0.3 is 5.97 Å². The van der Waals surface area contributed by atoms with E-state index in [-0.39, 0.29) is 49.1 Å². The number of nitrogens with one attached hydrogen (secondary N) is 2. The number of hydrogen-bond acceptors (Lipinski definition) is 7. The van der Waals surface area contributed by atoms with Crippen LogP contribution in [0.2, 0.25) is 0 Å². The zero-order chi connectivity index (χ0) is 21.8. The number of imide groups is 2. The molecular weight excluding hydrogens is 398 g/mol. The lowest BCUT2D eigenvalue weighted by Crippen LogP contribution is -2.54. The number of hydrogen-bond donors (Lipinski definition) is 3. The molecule has 158 valence electrons. The number of rotatable bonds is 8. The number of carbonyl (C=O) groups is 6. The Morgan fingerprint density at radius 2 is 1.97 bits per heavy atom. The van der Waals surface area contributed by atoms with E-state index < -0.39 is 48.2 Å². The maximum absolute atomic E-state index is 12.9. The Morgan fingerprint density at radius 3 is 2.67 bits per heavy atom. The summed E-state index contributed by atoms with van der Waals surface area (Å²) in [6.07, 6.45) is 0.218. The van der Waals surface area contributed by atoms with Crippen molar-refractivity contribution < 1.29 is 38.6 Å². The molecule has 1 saturated heterocycles. The van der Waals surface area contributed by atoms with Gasteiger partial charge in [0, 0.05) is 19.4 Å². The number of piperidine rings is 1. The van der Waals surface area contributed by atoms with Gasteiger partial charge in [0.2, 0.25) is 11.8 Å². The third-order valence-corrected chi connectivity index (χ3v) is 4.68. The maximum atomic E-state index is 12.9. The van der Waals surface area contributed by atoms with E-state index in [1.165, 1.54) is 18.2 Å². The van der Waals surface area contributed by atoms with Gasteiger partial charge in [0.05, 0.1) is 11.1 Å². The Bertz CT molecular complexity index is 942. The van der Waals surface area contributed by atoms with E-state index in [0.29, 0.717) is 0 Å². The number of fused-ring (bicyclic) bond motifs is 1. The zero-order valence-corrected chi connectivity index (χ0v) is 15.8. The first-order chi connectivity index (χ1) is 14.3. The molecule has 11 heteroatoms. The van der Waals surface area contributed by atoms with Crippen LogP contribution < -0.4 is 15.4 Å². The predicted molar refractivity (Wildman–Crippen MR) is 98.5 cm³/mol. The maximum Gasteiger partial charge on any atom is 0.303 e. The highest BCUT2D eigenvalue weighted by molar-refractivity contribution is 6.24. The van der Waals surface area contributed by atoms with Crippen molar-refractivity contribution in [1.82, 2.24) is 15.5 Å². The number of carboxylic acids is 1. The number of carboxylic acid groups (broad SMARTS) is 1. The minimum absolute atomic E-state index is 0.00915. The normalized spacial score (nSPS) is 18.1. The topological polar surface area (TPSA) is 159 Å². The van der Waals surface area contributed by atoms with Crippen molar-refractivity contribution in [3.05, 3.63) is 29.3 Å². The molecule has 5 amide bonds. The average molecular weight is 417 g/mol. The minimum atomic E-state index is -1.10. The fourth-order valence-electron chi connectivity index (χ4n) is 3.27. The molecule has 11 nitrogen and oxygen atoms in total. The lowest BCUT2D eigenvalue weighted by molar-refractivity contribution is -0.138. The highest BCUT2D eigenvalue weighted by atomic mass is 16.5. The molecule has 0 aromatic heterocycles. The van der Waals surface area contributed by atoms with E-state index in [0.717, 1.165) is 4.90 Å². The van der Waals surface area contributed by atoms with E-state index in [4.69, 9.17) is 9.84 Å². The minimum Gasteiger partial charge on any atom is -0.483 e. The highest BCUT2D eigenvalue weighted by Gasteiger charge is 2.46.